The van der Waals surface area contributed by atoms with E-state index in [1.165, 1.54) is 6.33 Å². The summed E-state index contributed by atoms with van der Waals surface area (Å²) in [5, 5.41) is 0.966. The summed E-state index contributed by atoms with van der Waals surface area (Å²) in [4.78, 5) is 20.9. The highest BCUT2D eigenvalue weighted by atomic mass is 32.2. The van der Waals surface area contributed by atoms with E-state index in [9.17, 15) is 0 Å². The van der Waals surface area contributed by atoms with Crippen LogP contribution < -0.4 is 0 Å². The van der Waals surface area contributed by atoms with Crippen LogP contribution in [0.25, 0.3) is 11.2 Å². The van der Waals surface area contributed by atoms with Gasteiger partial charge < -0.3 is 0 Å². The molecule has 15 heavy (non-hydrogen) atoms. The maximum absolute atomic E-state index is 4.42. The second-order valence-corrected chi connectivity index (χ2v) is 4.11. The van der Waals surface area contributed by atoms with Gasteiger partial charge in [-0.25, -0.2) is 19.9 Å². The van der Waals surface area contributed by atoms with E-state index in [2.05, 4.69) is 24.9 Å². The Morgan fingerprint density at radius 2 is 2.20 bits per heavy atom. The topological polar surface area (TPSA) is 63.9 Å². The van der Waals surface area contributed by atoms with Crippen LogP contribution in [0, 0.1) is 0 Å². The number of nitrogens with zero attached hydrogens (tertiary/aromatic N) is 5. The Morgan fingerprint density at radius 1 is 1.20 bits per heavy atom. The molecule has 0 radical (unpaired) electrons. The first kappa shape index (κ1) is 8.72. The number of aromatic nitrogens is 4. The zero-order valence-corrected chi connectivity index (χ0v) is 8.61. The van der Waals surface area contributed by atoms with E-state index in [1.807, 2.05) is 0 Å². The Hall–Kier alpha value is -1.56. The van der Waals surface area contributed by atoms with Gasteiger partial charge in [0.05, 0.1) is 12.4 Å². The predicted octanol–water partition coefficient (Wildman–Crippen LogP) is 0.913. The Bertz CT molecular complexity index is 539. The molecule has 2 aromatic rings. The van der Waals surface area contributed by atoms with Crippen molar-refractivity contribution in [2.45, 2.75) is 0 Å². The van der Waals surface area contributed by atoms with E-state index >= 15 is 0 Å². The normalized spacial score (nSPS) is 15.6. The average molecular weight is 217 g/mol. The van der Waals surface area contributed by atoms with Crippen molar-refractivity contribution < 1.29 is 0 Å². The van der Waals surface area contributed by atoms with Gasteiger partial charge in [-0.1, -0.05) is 0 Å². The molecule has 2 aromatic heterocycles. The Kier molecular flexibility index (Phi) is 2.06. The maximum Gasteiger partial charge on any atom is 0.181 e. The summed E-state index contributed by atoms with van der Waals surface area (Å²) in [6.45, 7) is 0.866. The highest BCUT2D eigenvalue weighted by Crippen LogP contribution is 2.17. The molecular weight excluding hydrogens is 210 g/mol. The van der Waals surface area contributed by atoms with Crippen molar-refractivity contribution in [3.63, 3.8) is 0 Å². The molecule has 0 bridgehead atoms. The monoisotopic (exact) mass is 217 g/mol. The predicted molar refractivity (Wildman–Crippen MR) is 59.0 cm³/mol. The fourth-order valence-corrected chi connectivity index (χ4v) is 2.17. The number of rotatable bonds is 1. The van der Waals surface area contributed by atoms with Crippen molar-refractivity contribution in [2.75, 3.05) is 12.3 Å². The Balaban J connectivity index is 2.13. The molecule has 6 heteroatoms. The van der Waals surface area contributed by atoms with Crippen molar-refractivity contribution in [3.8, 4) is 0 Å². The summed E-state index contributed by atoms with van der Waals surface area (Å²) < 4.78 is 0. The van der Waals surface area contributed by atoms with Crippen LogP contribution >= 0.6 is 11.8 Å². The van der Waals surface area contributed by atoms with Crippen molar-refractivity contribution in [2.24, 2.45) is 4.99 Å². The summed E-state index contributed by atoms with van der Waals surface area (Å²) in [5.41, 5.74) is 2.15. The van der Waals surface area contributed by atoms with Crippen LogP contribution in [-0.2, 0) is 0 Å². The summed E-state index contributed by atoms with van der Waals surface area (Å²) in [7, 11) is 0. The molecule has 5 nitrogen and oxygen atoms in total. The second kappa shape index (κ2) is 3.54. The van der Waals surface area contributed by atoms with Gasteiger partial charge in [0, 0.05) is 12.3 Å². The lowest BCUT2D eigenvalue weighted by molar-refractivity contribution is 1.13. The fourth-order valence-electron chi connectivity index (χ4n) is 1.37. The lowest BCUT2D eigenvalue weighted by Crippen LogP contribution is -1.99. The second-order valence-electron chi connectivity index (χ2n) is 3.02. The minimum atomic E-state index is 0.623. The van der Waals surface area contributed by atoms with Crippen LogP contribution in [0.3, 0.4) is 0 Å². The Morgan fingerprint density at radius 3 is 3.07 bits per heavy atom. The molecule has 0 atom stereocenters. The lowest BCUT2D eigenvalue weighted by Gasteiger charge is -1.99. The highest BCUT2D eigenvalue weighted by Gasteiger charge is 2.12. The van der Waals surface area contributed by atoms with Crippen molar-refractivity contribution in [3.05, 3.63) is 24.4 Å². The maximum atomic E-state index is 4.42. The van der Waals surface area contributed by atoms with Gasteiger partial charge in [-0.3, -0.25) is 4.99 Å². The molecule has 1 aliphatic rings. The van der Waals surface area contributed by atoms with Crippen LogP contribution in [0.5, 0.6) is 0 Å². The van der Waals surface area contributed by atoms with Crippen LogP contribution in [0.15, 0.2) is 23.7 Å². The van der Waals surface area contributed by atoms with E-state index in [1.54, 1.807) is 24.2 Å². The SMILES string of the molecule is c1ncc2nc(C3=NCCS3)cnc2n1. The van der Waals surface area contributed by atoms with Gasteiger partial charge in [-0.2, -0.15) is 0 Å². The molecule has 74 valence electrons. The highest BCUT2D eigenvalue weighted by molar-refractivity contribution is 8.14. The zero-order valence-electron chi connectivity index (χ0n) is 7.79. The lowest BCUT2D eigenvalue weighted by atomic mass is 10.4. The molecule has 0 unspecified atom stereocenters. The largest absolute Gasteiger partial charge is 0.275 e. The minimum Gasteiger partial charge on any atom is -0.275 e. The molecule has 3 rings (SSSR count). The molecule has 0 aromatic carbocycles. The summed E-state index contributed by atoms with van der Waals surface area (Å²) in [5.74, 6) is 1.03. The van der Waals surface area contributed by atoms with E-state index in [0.29, 0.717) is 11.2 Å². The van der Waals surface area contributed by atoms with Crippen molar-refractivity contribution in [1.29, 1.82) is 0 Å². The van der Waals surface area contributed by atoms with E-state index in [-0.39, 0.29) is 0 Å². The molecule has 1 aliphatic heterocycles. The van der Waals surface area contributed by atoms with Gasteiger partial charge in [-0.05, 0) is 0 Å². The van der Waals surface area contributed by atoms with Crippen LogP contribution in [0.2, 0.25) is 0 Å². The molecule has 0 aliphatic carbocycles. The summed E-state index contributed by atoms with van der Waals surface area (Å²) in [6, 6.07) is 0. The molecule has 0 saturated carbocycles. The van der Waals surface area contributed by atoms with Gasteiger partial charge in [0.1, 0.15) is 22.6 Å². The first-order valence-electron chi connectivity index (χ1n) is 4.54. The Labute approximate surface area is 90.1 Å². The standard InChI is InChI=1S/C9H7N5S/c1-2-15-9(11-1)7-4-12-8-6(14-7)3-10-5-13-8/h3-5H,1-2H2. The first-order valence-corrected chi connectivity index (χ1v) is 5.52. The number of hydrogen-bond donors (Lipinski definition) is 0. The third kappa shape index (κ3) is 1.56. The summed E-state index contributed by atoms with van der Waals surface area (Å²) in [6.07, 6.45) is 4.85. The zero-order chi connectivity index (χ0) is 10.1. The number of fused-ring (bicyclic) bond motifs is 1. The van der Waals surface area contributed by atoms with Gasteiger partial charge >= 0.3 is 0 Å². The molecule has 0 N–H and O–H groups in total. The molecule has 0 spiro atoms. The molecule has 0 amide bonds. The smallest absolute Gasteiger partial charge is 0.181 e. The van der Waals surface area contributed by atoms with Crippen LogP contribution in [0.1, 0.15) is 5.69 Å². The van der Waals surface area contributed by atoms with E-state index < -0.39 is 0 Å². The van der Waals surface area contributed by atoms with Crippen LogP contribution in [0.4, 0.5) is 0 Å². The molecule has 0 fully saturated rings. The van der Waals surface area contributed by atoms with Gasteiger partial charge in [0.25, 0.3) is 0 Å². The molecule has 3 heterocycles. The van der Waals surface area contributed by atoms with E-state index in [0.717, 1.165) is 23.0 Å². The van der Waals surface area contributed by atoms with E-state index in [4.69, 9.17) is 0 Å². The number of aliphatic imine (C=N–C) groups is 1. The van der Waals surface area contributed by atoms with Gasteiger partial charge in [0.15, 0.2) is 5.65 Å². The van der Waals surface area contributed by atoms with Gasteiger partial charge in [0.2, 0.25) is 0 Å². The van der Waals surface area contributed by atoms with Crippen LogP contribution in [-0.4, -0.2) is 37.3 Å². The summed E-state index contributed by atoms with van der Waals surface area (Å²) >= 11 is 1.71. The molecular formula is C9H7N5S. The third-order valence-electron chi connectivity index (χ3n) is 2.03. The van der Waals surface area contributed by atoms with Crippen molar-refractivity contribution in [1.82, 2.24) is 19.9 Å². The van der Waals surface area contributed by atoms with Gasteiger partial charge in [-0.15, -0.1) is 11.8 Å². The van der Waals surface area contributed by atoms with Crippen molar-refractivity contribution >= 4 is 28.0 Å². The first-order chi connectivity index (χ1) is 7.43. The number of hydrogen-bond acceptors (Lipinski definition) is 6. The molecule has 0 saturated heterocycles. The number of thioether (sulfide) groups is 1. The fraction of sp³-hybridized carbons (Fsp3) is 0.222. The third-order valence-corrected chi connectivity index (χ3v) is 3.03. The minimum absolute atomic E-state index is 0.623. The quantitative estimate of drug-likeness (QED) is 0.710. The average Bonchev–Trinajstić information content (AvgIpc) is 2.82.